The van der Waals surface area contributed by atoms with Gasteiger partial charge in [0, 0.05) is 25.5 Å². The van der Waals surface area contributed by atoms with Crippen LogP contribution in [0.3, 0.4) is 0 Å². The molecule has 0 spiro atoms. The number of carbonyl (C=O) groups is 1. The smallest absolute Gasteiger partial charge is 0.339 e. The summed E-state index contributed by atoms with van der Waals surface area (Å²) < 4.78 is 5.56. The number of unbranched alkanes of at least 4 members (excludes halogenated alkanes) is 11. The molecule has 0 aliphatic heterocycles. The molecule has 0 saturated carbocycles. The van der Waals surface area contributed by atoms with E-state index < -0.39 is 5.97 Å². The predicted molar refractivity (Wildman–Crippen MR) is 102 cm³/mol. The van der Waals surface area contributed by atoms with Crippen molar-refractivity contribution in [1.82, 2.24) is 0 Å². The first-order chi connectivity index (χ1) is 12.1. The molecule has 4 nitrogen and oxygen atoms in total. The summed E-state index contributed by atoms with van der Waals surface area (Å²) >= 11 is 0. The Bertz CT molecular complexity index is 491. The zero-order valence-electron chi connectivity index (χ0n) is 16.3. The van der Waals surface area contributed by atoms with Gasteiger partial charge in [0.25, 0.3) is 0 Å². The molecule has 2 N–H and O–H groups in total. The van der Waals surface area contributed by atoms with E-state index >= 15 is 0 Å². The Morgan fingerprint density at radius 1 is 0.885 bits per heavy atom. The third-order valence-corrected chi connectivity index (χ3v) is 4.47. The Labute approximate surface area is 171 Å². The predicted octanol–water partition coefficient (Wildman–Crippen LogP) is 6.17. The van der Waals surface area contributed by atoms with E-state index in [2.05, 4.69) is 6.92 Å². The normalized spacial score (nSPS) is 10.3. The van der Waals surface area contributed by atoms with Crippen LogP contribution in [0.1, 0.15) is 94.3 Å². The minimum Gasteiger partial charge on any atom is -0.507 e. The molecular formula is C21H34O4Zn. The van der Waals surface area contributed by atoms with Gasteiger partial charge in [-0.25, -0.2) is 4.79 Å². The Morgan fingerprint density at radius 3 is 1.85 bits per heavy atom. The standard InChI is InChI=1S/C21H34O4.Zn/c1-2-3-4-5-6-7-8-9-10-11-12-13-16-25-18-14-15-19(21(23)24)20(22)17-18;/h14-15,17,22H,2-13,16H2,1H3,(H,23,24);. The third kappa shape index (κ3) is 11.5. The first-order valence-electron chi connectivity index (χ1n) is 9.84. The number of carboxylic acids is 1. The molecule has 1 rings (SSSR count). The number of ether oxygens (including phenoxy) is 1. The van der Waals surface area contributed by atoms with Gasteiger partial charge in [-0.05, 0) is 18.6 Å². The molecule has 0 saturated heterocycles. The maximum atomic E-state index is 10.8. The summed E-state index contributed by atoms with van der Waals surface area (Å²) in [5, 5.41) is 18.5. The van der Waals surface area contributed by atoms with Crippen molar-refractivity contribution in [3.63, 3.8) is 0 Å². The number of benzene rings is 1. The van der Waals surface area contributed by atoms with E-state index in [0.29, 0.717) is 12.4 Å². The van der Waals surface area contributed by atoms with Crippen molar-refractivity contribution in [2.24, 2.45) is 0 Å². The van der Waals surface area contributed by atoms with Crippen LogP contribution in [0, 0.1) is 0 Å². The number of carboxylic acid groups (broad SMARTS) is 1. The number of aromatic hydroxyl groups is 1. The van der Waals surface area contributed by atoms with Crippen molar-refractivity contribution in [2.75, 3.05) is 6.61 Å². The molecule has 26 heavy (non-hydrogen) atoms. The molecule has 0 radical (unpaired) electrons. The van der Waals surface area contributed by atoms with Crippen molar-refractivity contribution < 1.29 is 39.2 Å². The molecule has 1 aromatic carbocycles. The summed E-state index contributed by atoms with van der Waals surface area (Å²) in [6, 6.07) is 4.32. The topological polar surface area (TPSA) is 66.8 Å². The molecule has 0 heterocycles. The molecule has 0 aliphatic carbocycles. The van der Waals surface area contributed by atoms with Crippen LogP contribution >= 0.6 is 0 Å². The number of hydrogen-bond acceptors (Lipinski definition) is 3. The molecular weight excluding hydrogens is 382 g/mol. The molecule has 144 valence electrons. The van der Waals surface area contributed by atoms with E-state index in [9.17, 15) is 9.90 Å². The average molecular weight is 416 g/mol. The van der Waals surface area contributed by atoms with E-state index in [4.69, 9.17) is 9.84 Å². The van der Waals surface area contributed by atoms with Crippen molar-refractivity contribution in [3.8, 4) is 11.5 Å². The van der Waals surface area contributed by atoms with Crippen molar-refractivity contribution in [3.05, 3.63) is 23.8 Å². The van der Waals surface area contributed by atoms with Gasteiger partial charge in [-0.3, -0.25) is 0 Å². The summed E-state index contributed by atoms with van der Waals surface area (Å²) in [6.07, 6.45) is 15.6. The fourth-order valence-corrected chi connectivity index (χ4v) is 2.92. The molecule has 0 aliphatic rings. The van der Waals surface area contributed by atoms with E-state index in [0.717, 1.165) is 12.8 Å². The van der Waals surface area contributed by atoms with Crippen LogP contribution in [-0.4, -0.2) is 22.8 Å². The van der Waals surface area contributed by atoms with E-state index in [1.54, 1.807) is 6.07 Å². The van der Waals surface area contributed by atoms with E-state index in [-0.39, 0.29) is 30.8 Å². The zero-order valence-corrected chi connectivity index (χ0v) is 19.3. The van der Waals surface area contributed by atoms with Crippen LogP contribution in [0.2, 0.25) is 0 Å². The Balaban J connectivity index is 0.00000625. The number of hydrogen-bond donors (Lipinski definition) is 2. The van der Waals surface area contributed by atoms with Crippen LogP contribution < -0.4 is 4.74 Å². The Hall–Kier alpha value is -1.09. The zero-order chi connectivity index (χ0) is 18.3. The quantitative estimate of drug-likeness (QED) is 0.265. The van der Waals surface area contributed by atoms with Gasteiger partial charge in [-0.2, -0.15) is 0 Å². The molecule has 0 unspecified atom stereocenters. The minimum absolute atomic E-state index is 0. The van der Waals surface area contributed by atoms with E-state index in [1.165, 1.54) is 76.3 Å². The largest absolute Gasteiger partial charge is 0.507 e. The Kier molecular flexibility index (Phi) is 15.4. The average Bonchev–Trinajstić information content (AvgIpc) is 2.58. The molecule has 0 aromatic heterocycles. The second-order valence-corrected chi connectivity index (χ2v) is 6.72. The van der Waals surface area contributed by atoms with Gasteiger partial charge in [-0.15, -0.1) is 0 Å². The van der Waals surface area contributed by atoms with Gasteiger partial charge in [-0.1, -0.05) is 77.6 Å². The number of rotatable bonds is 15. The van der Waals surface area contributed by atoms with Crippen LogP contribution in [0.4, 0.5) is 0 Å². The minimum atomic E-state index is -1.13. The van der Waals surface area contributed by atoms with Crippen LogP contribution in [-0.2, 0) is 19.5 Å². The summed E-state index contributed by atoms with van der Waals surface area (Å²) in [5.74, 6) is -0.865. The fourth-order valence-electron chi connectivity index (χ4n) is 2.92. The molecule has 0 bridgehead atoms. The molecule has 0 fully saturated rings. The summed E-state index contributed by atoms with van der Waals surface area (Å²) in [7, 11) is 0. The number of aromatic carboxylic acids is 1. The second-order valence-electron chi connectivity index (χ2n) is 6.72. The van der Waals surface area contributed by atoms with Crippen LogP contribution in [0.25, 0.3) is 0 Å². The van der Waals surface area contributed by atoms with Gasteiger partial charge in [0.1, 0.15) is 17.1 Å². The van der Waals surface area contributed by atoms with Gasteiger partial charge in [0.2, 0.25) is 0 Å². The fraction of sp³-hybridized carbons (Fsp3) is 0.667. The molecule has 0 amide bonds. The van der Waals surface area contributed by atoms with Gasteiger partial charge in [0.05, 0.1) is 6.61 Å². The second kappa shape index (κ2) is 16.1. The molecule has 1 aromatic rings. The van der Waals surface area contributed by atoms with Gasteiger partial charge < -0.3 is 14.9 Å². The summed E-state index contributed by atoms with van der Waals surface area (Å²) in [6.45, 7) is 2.85. The third-order valence-electron chi connectivity index (χ3n) is 4.47. The first-order valence-corrected chi connectivity index (χ1v) is 9.84. The van der Waals surface area contributed by atoms with Crippen molar-refractivity contribution in [2.45, 2.75) is 84.0 Å². The molecule has 0 atom stereocenters. The van der Waals surface area contributed by atoms with Gasteiger partial charge in [0.15, 0.2) is 0 Å². The van der Waals surface area contributed by atoms with E-state index in [1.807, 2.05) is 0 Å². The first kappa shape index (κ1) is 24.9. The van der Waals surface area contributed by atoms with Crippen molar-refractivity contribution in [1.29, 1.82) is 0 Å². The maximum absolute atomic E-state index is 10.8. The van der Waals surface area contributed by atoms with Gasteiger partial charge >= 0.3 is 5.97 Å². The molecule has 5 heteroatoms. The SMILES string of the molecule is CCCCCCCCCCCCCCOc1ccc(C(=O)O)c(O)c1.[Zn]. The summed E-state index contributed by atoms with van der Waals surface area (Å²) in [4.78, 5) is 10.8. The van der Waals surface area contributed by atoms with Crippen molar-refractivity contribution >= 4 is 5.97 Å². The maximum Gasteiger partial charge on any atom is 0.339 e. The number of phenols is 1. The van der Waals surface area contributed by atoms with Crippen LogP contribution in [0.5, 0.6) is 11.5 Å². The monoisotopic (exact) mass is 414 g/mol. The summed E-state index contributed by atoms with van der Waals surface area (Å²) in [5.41, 5.74) is -0.0993. The van der Waals surface area contributed by atoms with Crippen LogP contribution in [0.15, 0.2) is 18.2 Å². The Morgan fingerprint density at radius 2 is 1.38 bits per heavy atom.